The molecular formula is C11H23NO2Si. The van der Waals surface area contributed by atoms with E-state index < -0.39 is 8.32 Å². The van der Waals surface area contributed by atoms with Gasteiger partial charge in [-0.15, -0.1) is 0 Å². The molecular weight excluding hydrogens is 206 g/mol. The van der Waals surface area contributed by atoms with Crippen LogP contribution in [-0.4, -0.2) is 33.3 Å². The minimum Gasteiger partial charge on any atom is -0.413 e. The molecule has 2 atom stereocenters. The van der Waals surface area contributed by atoms with Crippen molar-refractivity contribution in [1.82, 2.24) is 5.32 Å². The van der Waals surface area contributed by atoms with E-state index in [9.17, 15) is 4.79 Å². The van der Waals surface area contributed by atoms with Gasteiger partial charge >= 0.3 is 0 Å². The molecule has 3 nitrogen and oxygen atoms in total. The molecule has 0 amide bonds. The van der Waals surface area contributed by atoms with Crippen molar-refractivity contribution < 1.29 is 9.22 Å². The molecule has 0 spiro atoms. The molecule has 1 heterocycles. The van der Waals surface area contributed by atoms with Crippen LogP contribution in [0.2, 0.25) is 18.1 Å². The SMILES string of the molecule is CC(C)(C)[Si](C)(C)O[C@H]1CN[C@H](C=O)C1. The van der Waals surface area contributed by atoms with E-state index in [2.05, 4.69) is 39.2 Å². The Morgan fingerprint density at radius 1 is 1.40 bits per heavy atom. The van der Waals surface area contributed by atoms with Gasteiger partial charge in [0, 0.05) is 6.54 Å². The third-order valence-corrected chi connectivity index (χ3v) is 8.09. The standard InChI is InChI=1S/C11H23NO2Si/c1-11(2,3)15(4,5)14-10-6-9(8-13)12-7-10/h8-10,12H,6-7H2,1-5H3/t9-,10+/m0/s1. The maximum Gasteiger partial charge on any atom is 0.192 e. The summed E-state index contributed by atoms with van der Waals surface area (Å²) in [6, 6.07) is -0.000214. The summed E-state index contributed by atoms with van der Waals surface area (Å²) in [6.07, 6.45) is 2.03. The summed E-state index contributed by atoms with van der Waals surface area (Å²) in [5.41, 5.74) is 0. The molecule has 15 heavy (non-hydrogen) atoms. The fourth-order valence-electron chi connectivity index (χ4n) is 1.52. The molecule has 1 aliphatic rings. The highest BCUT2D eigenvalue weighted by Gasteiger charge is 2.40. The first-order valence-corrected chi connectivity index (χ1v) is 8.53. The molecule has 0 aliphatic carbocycles. The molecule has 0 radical (unpaired) electrons. The van der Waals surface area contributed by atoms with Crippen LogP contribution in [0.25, 0.3) is 0 Å². The number of aldehydes is 1. The van der Waals surface area contributed by atoms with Gasteiger partial charge in [-0.1, -0.05) is 20.8 Å². The van der Waals surface area contributed by atoms with Gasteiger partial charge in [-0.05, 0) is 24.6 Å². The van der Waals surface area contributed by atoms with E-state index in [0.29, 0.717) is 0 Å². The van der Waals surface area contributed by atoms with Crippen molar-refractivity contribution in [1.29, 1.82) is 0 Å². The first-order valence-electron chi connectivity index (χ1n) is 5.63. The first kappa shape index (κ1) is 12.9. The molecule has 0 aromatic heterocycles. The average molecular weight is 229 g/mol. The van der Waals surface area contributed by atoms with Crippen molar-refractivity contribution in [3.8, 4) is 0 Å². The Kier molecular flexibility index (Phi) is 3.74. The van der Waals surface area contributed by atoms with Crippen LogP contribution in [0.5, 0.6) is 0 Å². The summed E-state index contributed by atoms with van der Waals surface area (Å²) in [5.74, 6) is 0. The zero-order valence-electron chi connectivity index (χ0n) is 10.5. The lowest BCUT2D eigenvalue weighted by Crippen LogP contribution is -2.44. The van der Waals surface area contributed by atoms with E-state index in [-0.39, 0.29) is 17.2 Å². The van der Waals surface area contributed by atoms with Gasteiger partial charge in [0.15, 0.2) is 8.32 Å². The fraction of sp³-hybridized carbons (Fsp3) is 0.909. The van der Waals surface area contributed by atoms with Gasteiger partial charge in [-0.3, -0.25) is 0 Å². The molecule has 0 unspecified atom stereocenters. The molecule has 1 saturated heterocycles. The Hall–Kier alpha value is -0.193. The Morgan fingerprint density at radius 2 is 2.00 bits per heavy atom. The van der Waals surface area contributed by atoms with Gasteiger partial charge in [0.1, 0.15) is 6.29 Å². The quantitative estimate of drug-likeness (QED) is 0.594. The summed E-state index contributed by atoms with van der Waals surface area (Å²) in [4.78, 5) is 10.6. The van der Waals surface area contributed by atoms with Crippen LogP contribution in [0.4, 0.5) is 0 Å². The van der Waals surface area contributed by atoms with Gasteiger partial charge < -0.3 is 14.5 Å². The maximum absolute atomic E-state index is 10.6. The predicted molar refractivity (Wildman–Crippen MR) is 64.5 cm³/mol. The van der Waals surface area contributed by atoms with Crippen LogP contribution in [0, 0.1) is 0 Å². The van der Waals surface area contributed by atoms with Crippen molar-refractivity contribution in [2.75, 3.05) is 6.54 Å². The number of hydrogen-bond acceptors (Lipinski definition) is 3. The van der Waals surface area contributed by atoms with E-state index in [0.717, 1.165) is 19.3 Å². The Morgan fingerprint density at radius 3 is 2.40 bits per heavy atom. The highest BCUT2D eigenvalue weighted by molar-refractivity contribution is 6.74. The lowest BCUT2D eigenvalue weighted by Gasteiger charge is -2.38. The van der Waals surface area contributed by atoms with Crippen LogP contribution in [-0.2, 0) is 9.22 Å². The van der Waals surface area contributed by atoms with E-state index in [1.165, 1.54) is 0 Å². The average Bonchev–Trinajstić information content (AvgIpc) is 2.49. The van der Waals surface area contributed by atoms with Crippen molar-refractivity contribution in [3.63, 3.8) is 0 Å². The molecule has 1 fully saturated rings. The van der Waals surface area contributed by atoms with Crippen molar-refractivity contribution >= 4 is 14.6 Å². The number of carbonyl (C=O) groups excluding carboxylic acids is 1. The second-order valence-electron chi connectivity index (χ2n) is 5.89. The lowest BCUT2D eigenvalue weighted by atomic mass is 10.2. The van der Waals surface area contributed by atoms with Gasteiger partial charge in [-0.25, -0.2) is 0 Å². The van der Waals surface area contributed by atoms with Crippen molar-refractivity contribution in [3.05, 3.63) is 0 Å². The highest BCUT2D eigenvalue weighted by atomic mass is 28.4. The summed E-state index contributed by atoms with van der Waals surface area (Å²) in [7, 11) is -1.67. The normalized spacial score (nSPS) is 28.1. The predicted octanol–water partition coefficient (Wildman–Crippen LogP) is 1.94. The zero-order valence-corrected chi connectivity index (χ0v) is 11.5. The second kappa shape index (κ2) is 4.35. The molecule has 1 rings (SSSR count). The topological polar surface area (TPSA) is 38.3 Å². The number of carbonyl (C=O) groups is 1. The van der Waals surface area contributed by atoms with Crippen molar-refractivity contribution in [2.45, 2.75) is 57.5 Å². The van der Waals surface area contributed by atoms with E-state index in [4.69, 9.17) is 4.43 Å². The van der Waals surface area contributed by atoms with Crippen LogP contribution in [0.15, 0.2) is 0 Å². The highest BCUT2D eigenvalue weighted by Crippen LogP contribution is 2.37. The number of hydrogen-bond donors (Lipinski definition) is 1. The van der Waals surface area contributed by atoms with Crippen LogP contribution in [0.1, 0.15) is 27.2 Å². The Bertz CT molecular complexity index is 235. The first-order chi connectivity index (χ1) is 6.76. The molecule has 88 valence electrons. The summed E-state index contributed by atoms with van der Waals surface area (Å²) >= 11 is 0. The smallest absolute Gasteiger partial charge is 0.192 e. The zero-order chi connectivity index (χ0) is 11.7. The second-order valence-corrected chi connectivity index (χ2v) is 10.6. The lowest BCUT2D eigenvalue weighted by molar-refractivity contribution is -0.109. The number of nitrogens with one attached hydrogen (secondary N) is 1. The molecule has 0 aromatic rings. The van der Waals surface area contributed by atoms with Gasteiger partial charge in [0.05, 0.1) is 12.1 Å². The Balaban J connectivity index is 2.52. The fourth-order valence-corrected chi connectivity index (χ4v) is 2.89. The summed E-state index contributed by atoms with van der Waals surface area (Å²) < 4.78 is 6.21. The van der Waals surface area contributed by atoms with E-state index >= 15 is 0 Å². The number of rotatable bonds is 3. The third-order valence-electron chi connectivity index (χ3n) is 3.56. The van der Waals surface area contributed by atoms with Gasteiger partial charge in [0.2, 0.25) is 0 Å². The summed E-state index contributed by atoms with van der Waals surface area (Å²) in [5, 5.41) is 3.40. The van der Waals surface area contributed by atoms with Crippen LogP contribution in [0.3, 0.4) is 0 Å². The minimum absolute atomic E-state index is 0.000214. The summed E-state index contributed by atoms with van der Waals surface area (Å²) in [6.45, 7) is 12.0. The van der Waals surface area contributed by atoms with E-state index in [1.807, 2.05) is 0 Å². The molecule has 0 bridgehead atoms. The van der Waals surface area contributed by atoms with Crippen LogP contribution < -0.4 is 5.32 Å². The molecule has 0 saturated carbocycles. The maximum atomic E-state index is 10.6. The molecule has 0 aromatic carbocycles. The molecule has 4 heteroatoms. The minimum atomic E-state index is -1.67. The molecule has 1 aliphatic heterocycles. The van der Waals surface area contributed by atoms with Gasteiger partial charge in [-0.2, -0.15) is 0 Å². The van der Waals surface area contributed by atoms with E-state index in [1.54, 1.807) is 0 Å². The van der Waals surface area contributed by atoms with Gasteiger partial charge in [0.25, 0.3) is 0 Å². The van der Waals surface area contributed by atoms with Crippen LogP contribution >= 0.6 is 0 Å². The molecule has 1 N–H and O–H groups in total. The Labute approximate surface area is 93.7 Å². The van der Waals surface area contributed by atoms with Crippen molar-refractivity contribution in [2.24, 2.45) is 0 Å². The monoisotopic (exact) mass is 229 g/mol. The largest absolute Gasteiger partial charge is 0.413 e. The third kappa shape index (κ3) is 3.13.